The average molecular weight is 278 g/mol. The summed E-state index contributed by atoms with van der Waals surface area (Å²) in [7, 11) is 1.56. The van der Waals surface area contributed by atoms with Gasteiger partial charge in [-0.1, -0.05) is 6.08 Å². The van der Waals surface area contributed by atoms with Crippen molar-refractivity contribution in [1.82, 2.24) is 0 Å². The highest BCUT2D eigenvalue weighted by Gasteiger charge is 2.24. The highest BCUT2D eigenvalue weighted by Crippen LogP contribution is 2.33. The normalized spacial score (nSPS) is 18.4. The highest BCUT2D eigenvalue weighted by molar-refractivity contribution is 5.76. The number of rotatable bonds is 4. The van der Waals surface area contributed by atoms with Crippen LogP contribution in [-0.2, 0) is 9.53 Å². The van der Waals surface area contributed by atoms with Crippen molar-refractivity contribution >= 4 is 11.5 Å². The monoisotopic (exact) mass is 278 g/mol. The number of hydrogen-bond acceptors (Lipinski definition) is 3. The molecule has 1 aromatic carbocycles. The van der Waals surface area contributed by atoms with Gasteiger partial charge in [0.15, 0.2) is 0 Å². The number of hydrogen-bond donors (Lipinski definition) is 0. The number of esters is 1. The zero-order valence-corrected chi connectivity index (χ0v) is 11.8. The minimum atomic E-state index is -0.258. The fourth-order valence-electron chi connectivity index (χ4n) is 2.43. The van der Waals surface area contributed by atoms with Crippen molar-refractivity contribution in [1.29, 1.82) is 0 Å². The lowest BCUT2D eigenvalue weighted by molar-refractivity contribution is -0.148. The maximum Gasteiger partial charge on any atom is 0.309 e. The van der Waals surface area contributed by atoms with Crippen LogP contribution in [0.1, 0.15) is 31.7 Å². The lowest BCUT2D eigenvalue weighted by Gasteiger charge is -2.21. The molecule has 0 aromatic heterocycles. The summed E-state index contributed by atoms with van der Waals surface area (Å²) in [5.41, 5.74) is 1.49. The van der Waals surface area contributed by atoms with Gasteiger partial charge in [0.2, 0.25) is 0 Å². The van der Waals surface area contributed by atoms with Gasteiger partial charge in [0.1, 0.15) is 11.6 Å². The lowest BCUT2D eigenvalue weighted by atomic mass is 9.86. The first-order valence-electron chi connectivity index (χ1n) is 6.85. The number of carbonyl (C=O) groups excluding carboxylic acids is 1. The molecule has 0 fully saturated rings. The first-order chi connectivity index (χ1) is 9.65. The standard InChI is InChI=1S/C16H19FO3/c1-3-20-16(18)12-6-4-11(5-7-12)14-10-13(19-2)8-9-15(14)17/h4,8-10,12H,3,5-7H2,1-2H3. The van der Waals surface area contributed by atoms with Gasteiger partial charge >= 0.3 is 5.97 Å². The van der Waals surface area contributed by atoms with Gasteiger partial charge in [-0.2, -0.15) is 0 Å². The van der Waals surface area contributed by atoms with Gasteiger partial charge in [-0.25, -0.2) is 4.39 Å². The van der Waals surface area contributed by atoms with Crippen LogP contribution in [0.5, 0.6) is 5.75 Å². The molecule has 0 heterocycles. The molecule has 20 heavy (non-hydrogen) atoms. The molecular weight excluding hydrogens is 259 g/mol. The molecule has 2 rings (SSSR count). The molecule has 0 aliphatic heterocycles. The predicted molar refractivity (Wildman–Crippen MR) is 74.9 cm³/mol. The van der Waals surface area contributed by atoms with Crippen molar-refractivity contribution in [2.75, 3.05) is 13.7 Å². The summed E-state index contributed by atoms with van der Waals surface area (Å²) in [5.74, 6) is 0.114. The summed E-state index contributed by atoms with van der Waals surface area (Å²) in [6.07, 6.45) is 3.91. The van der Waals surface area contributed by atoms with E-state index in [1.54, 1.807) is 26.2 Å². The molecule has 0 N–H and O–H groups in total. The molecule has 0 bridgehead atoms. The predicted octanol–water partition coefficient (Wildman–Crippen LogP) is 3.58. The number of carbonyl (C=O) groups is 1. The Morgan fingerprint density at radius 2 is 2.25 bits per heavy atom. The topological polar surface area (TPSA) is 35.5 Å². The second-order valence-corrected chi connectivity index (χ2v) is 4.80. The Balaban J connectivity index is 2.14. The summed E-state index contributed by atoms with van der Waals surface area (Å²) < 4.78 is 24.0. The van der Waals surface area contributed by atoms with E-state index < -0.39 is 0 Å². The van der Waals surface area contributed by atoms with E-state index in [1.807, 2.05) is 6.08 Å². The van der Waals surface area contributed by atoms with Crippen LogP contribution in [0.2, 0.25) is 0 Å². The molecule has 1 aliphatic rings. The van der Waals surface area contributed by atoms with Crippen molar-refractivity contribution in [3.63, 3.8) is 0 Å². The lowest BCUT2D eigenvalue weighted by Crippen LogP contribution is -2.19. The van der Waals surface area contributed by atoms with E-state index in [2.05, 4.69) is 0 Å². The Kier molecular flexibility index (Phi) is 4.77. The zero-order chi connectivity index (χ0) is 14.5. The van der Waals surface area contributed by atoms with Gasteiger partial charge in [-0.05, 0) is 50.0 Å². The van der Waals surface area contributed by atoms with Gasteiger partial charge in [0.25, 0.3) is 0 Å². The molecule has 0 amide bonds. The van der Waals surface area contributed by atoms with Gasteiger partial charge in [0.05, 0.1) is 19.6 Å². The van der Waals surface area contributed by atoms with Crippen LogP contribution in [0.3, 0.4) is 0 Å². The Labute approximate surface area is 118 Å². The Morgan fingerprint density at radius 1 is 1.45 bits per heavy atom. The molecule has 1 aromatic rings. The van der Waals surface area contributed by atoms with E-state index in [0.717, 1.165) is 5.57 Å². The van der Waals surface area contributed by atoms with Crippen LogP contribution < -0.4 is 4.74 Å². The van der Waals surface area contributed by atoms with Crippen LogP contribution in [0.4, 0.5) is 4.39 Å². The van der Waals surface area contributed by atoms with Gasteiger partial charge in [-0.15, -0.1) is 0 Å². The SMILES string of the molecule is CCOC(=O)C1CC=C(c2cc(OC)ccc2F)CC1. The van der Waals surface area contributed by atoms with Gasteiger partial charge in [0, 0.05) is 5.56 Å². The molecular formula is C16H19FO3. The molecule has 3 nitrogen and oxygen atoms in total. The van der Waals surface area contributed by atoms with Crippen molar-refractivity contribution in [3.05, 3.63) is 35.7 Å². The number of allylic oxidation sites excluding steroid dienone is 2. The minimum Gasteiger partial charge on any atom is -0.497 e. The van der Waals surface area contributed by atoms with Crippen LogP contribution in [0.25, 0.3) is 5.57 Å². The third kappa shape index (κ3) is 3.18. The smallest absolute Gasteiger partial charge is 0.309 e. The van der Waals surface area contributed by atoms with Gasteiger partial charge < -0.3 is 9.47 Å². The molecule has 1 atom stereocenters. The number of halogens is 1. The number of ether oxygens (including phenoxy) is 2. The van der Waals surface area contributed by atoms with E-state index in [4.69, 9.17) is 9.47 Å². The van der Waals surface area contributed by atoms with E-state index in [0.29, 0.717) is 37.2 Å². The molecule has 108 valence electrons. The second-order valence-electron chi connectivity index (χ2n) is 4.80. The number of benzene rings is 1. The van der Waals surface area contributed by atoms with Gasteiger partial charge in [-0.3, -0.25) is 4.79 Å². The average Bonchev–Trinajstić information content (AvgIpc) is 2.48. The maximum atomic E-state index is 13.9. The van der Waals surface area contributed by atoms with Crippen molar-refractivity contribution in [3.8, 4) is 5.75 Å². The van der Waals surface area contributed by atoms with Crippen LogP contribution in [-0.4, -0.2) is 19.7 Å². The van der Waals surface area contributed by atoms with Crippen molar-refractivity contribution in [2.45, 2.75) is 26.2 Å². The minimum absolute atomic E-state index is 0.104. The fraction of sp³-hybridized carbons (Fsp3) is 0.438. The molecule has 0 saturated carbocycles. The van der Waals surface area contributed by atoms with Crippen molar-refractivity contribution in [2.24, 2.45) is 5.92 Å². The molecule has 4 heteroatoms. The molecule has 0 saturated heterocycles. The quantitative estimate of drug-likeness (QED) is 0.790. The third-order valence-corrected chi connectivity index (χ3v) is 3.55. The largest absolute Gasteiger partial charge is 0.497 e. The fourth-order valence-corrected chi connectivity index (χ4v) is 2.43. The molecule has 0 spiro atoms. The highest BCUT2D eigenvalue weighted by atomic mass is 19.1. The Morgan fingerprint density at radius 3 is 2.85 bits per heavy atom. The number of methoxy groups -OCH3 is 1. The Bertz CT molecular complexity index is 522. The summed E-state index contributed by atoms with van der Waals surface area (Å²) in [6, 6.07) is 4.71. The van der Waals surface area contributed by atoms with Crippen molar-refractivity contribution < 1.29 is 18.7 Å². The third-order valence-electron chi connectivity index (χ3n) is 3.55. The summed E-state index contributed by atoms with van der Waals surface area (Å²) in [5, 5.41) is 0. The van der Waals surface area contributed by atoms with E-state index in [-0.39, 0.29) is 17.7 Å². The maximum absolute atomic E-state index is 13.9. The summed E-state index contributed by atoms with van der Waals surface area (Å²) in [4.78, 5) is 11.7. The van der Waals surface area contributed by atoms with Crippen LogP contribution in [0, 0.1) is 11.7 Å². The second kappa shape index (κ2) is 6.55. The first-order valence-corrected chi connectivity index (χ1v) is 6.85. The van der Waals surface area contributed by atoms with Crippen LogP contribution in [0.15, 0.2) is 24.3 Å². The Hall–Kier alpha value is -1.84. The summed E-state index contributed by atoms with van der Waals surface area (Å²) in [6.45, 7) is 2.20. The molecule has 1 unspecified atom stereocenters. The zero-order valence-electron chi connectivity index (χ0n) is 11.8. The van der Waals surface area contributed by atoms with E-state index >= 15 is 0 Å². The van der Waals surface area contributed by atoms with E-state index in [1.165, 1.54) is 6.07 Å². The molecule has 1 aliphatic carbocycles. The molecule has 0 radical (unpaired) electrons. The van der Waals surface area contributed by atoms with Crippen LogP contribution >= 0.6 is 0 Å². The van der Waals surface area contributed by atoms with E-state index in [9.17, 15) is 9.18 Å². The summed E-state index contributed by atoms with van der Waals surface area (Å²) >= 11 is 0. The first kappa shape index (κ1) is 14.6.